The number of benzene rings is 2. The van der Waals surface area contributed by atoms with Crippen LogP contribution in [0.4, 0.5) is 4.39 Å². The summed E-state index contributed by atoms with van der Waals surface area (Å²) < 4.78 is 14.6. The highest BCUT2D eigenvalue weighted by molar-refractivity contribution is 5.93. The highest BCUT2D eigenvalue weighted by atomic mass is 19.1. The number of nitrogens with zero attached hydrogens (tertiary/aromatic N) is 3. The Hall–Kier alpha value is -3.15. The van der Waals surface area contributed by atoms with Gasteiger partial charge in [-0.2, -0.15) is 14.6 Å². The van der Waals surface area contributed by atoms with Gasteiger partial charge >= 0.3 is 0 Å². The SMILES string of the molecule is Oc1nc2c3cc(F)ccc3nn2c(O)c1-c1ccccc1. The monoisotopic (exact) mass is 295 g/mol. The Bertz CT molecular complexity index is 1010. The molecule has 5 nitrogen and oxygen atoms in total. The van der Waals surface area contributed by atoms with Crippen molar-refractivity contribution in [2.45, 2.75) is 0 Å². The van der Waals surface area contributed by atoms with Crippen LogP contribution in [0.3, 0.4) is 0 Å². The maximum atomic E-state index is 13.4. The van der Waals surface area contributed by atoms with Gasteiger partial charge in [0.2, 0.25) is 11.8 Å². The summed E-state index contributed by atoms with van der Waals surface area (Å²) in [5.41, 5.74) is 1.47. The van der Waals surface area contributed by atoms with Crippen LogP contribution >= 0.6 is 0 Å². The van der Waals surface area contributed by atoms with Crippen molar-refractivity contribution >= 4 is 16.6 Å². The van der Waals surface area contributed by atoms with Crippen molar-refractivity contribution in [2.24, 2.45) is 0 Å². The predicted octanol–water partition coefficient (Wildman–Crippen LogP) is 3.10. The molecule has 0 saturated heterocycles. The molecule has 22 heavy (non-hydrogen) atoms. The summed E-state index contributed by atoms with van der Waals surface area (Å²) in [7, 11) is 0. The zero-order valence-electron chi connectivity index (χ0n) is 11.2. The average molecular weight is 295 g/mol. The van der Waals surface area contributed by atoms with Crippen molar-refractivity contribution in [1.29, 1.82) is 0 Å². The Balaban J connectivity index is 2.12. The van der Waals surface area contributed by atoms with Crippen LogP contribution < -0.4 is 0 Å². The molecule has 0 aliphatic heterocycles. The molecule has 108 valence electrons. The normalized spacial score (nSPS) is 11.3. The lowest BCUT2D eigenvalue weighted by Crippen LogP contribution is -1.95. The van der Waals surface area contributed by atoms with Crippen molar-refractivity contribution in [3.63, 3.8) is 0 Å². The van der Waals surface area contributed by atoms with E-state index in [1.165, 1.54) is 22.7 Å². The van der Waals surface area contributed by atoms with E-state index in [1.807, 2.05) is 6.07 Å². The molecule has 0 unspecified atom stereocenters. The second-order valence-corrected chi connectivity index (χ2v) is 4.90. The van der Waals surface area contributed by atoms with Gasteiger partial charge in [-0.05, 0) is 23.8 Å². The number of aromatic hydroxyl groups is 2. The highest BCUT2D eigenvalue weighted by Gasteiger charge is 2.19. The van der Waals surface area contributed by atoms with E-state index in [4.69, 9.17) is 0 Å². The van der Waals surface area contributed by atoms with Gasteiger partial charge in [0, 0.05) is 5.39 Å². The van der Waals surface area contributed by atoms with Crippen LogP contribution in [0.25, 0.3) is 27.7 Å². The van der Waals surface area contributed by atoms with Crippen LogP contribution in [0, 0.1) is 5.82 Å². The first-order chi connectivity index (χ1) is 10.6. The van der Waals surface area contributed by atoms with Gasteiger partial charge < -0.3 is 10.2 Å². The smallest absolute Gasteiger partial charge is 0.227 e. The summed E-state index contributed by atoms with van der Waals surface area (Å²) in [5.74, 6) is -1.01. The number of rotatable bonds is 1. The fourth-order valence-electron chi connectivity index (χ4n) is 2.52. The molecule has 0 radical (unpaired) electrons. The Kier molecular flexibility index (Phi) is 2.53. The maximum absolute atomic E-state index is 13.4. The molecule has 0 bridgehead atoms. The van der Waals surface area contributed by atoms with Crippen LogP contribution in [0.15, 0.2) is 48.5 Å². The van der Waals surface area contributed by atoms with Gasteiger partial charge in [-0.15, -0.1) is 0 Å². The number of aromatic nitrogens is 3. The largest absolute Gasteiger partial charge is 0.493 e. The Morgan fingerprint density at radius 2 is 1.77 bits per heavy atom. The lowest BCUT2D eigenvalue weighted by Gasteiger charge is -2.08. The van der Waals surface area contributed by atoms with E-state index >= 15 is 0 Å². The second-order valence-electron chi connectivity index (χ2n) is 4.90. The minimum atomic E-state index is -0.435. The van der Waals surface area contributed by atoms with Crippen LogP contribution in [-0.2, 0) is 0 Å². The van der Waals surface area contributed by atoms with Crippen molar-refractivity contribution in [3.8, 4) is 22.9 Å². The third-order valence-corrected chi connectivity index (χ3v) is 3.53. The molecule has 0 amide bonds. The van der Waals surface area contributed by atoms with E-state index in [0.717, 1.165) is 0 Å². The zero-order valence-corrected chi connectivity index (χ0v) is 11.2. The van der Waals surface area contributed by atoms with Crippen molar-refractivity contribution in [1.82, 2.24) is 14.6 Å². The van der Waals surface area contributed by atoms with Gasteiger partial charge in [0.1, 0.15) is 11.4 Å². The number of hydrogen-bond acceptors (Lipinski definition) is 4. The van der Waals surface area contributed by atoms with Gasteiger partial charge in [-0.1, -0.05) is 30.3 Å². The molecule has 2 heterocycles. The van der Waals surface area contributed by atoms with Crippen LogP contribution in [0.5, 0.6) is 11.8 Å². The number of halogens is 1. The van der Waals surface area contributed by atoms with E-state index in [2.05, 4.69) is 10.1 Å². The third kappa shape index (κ3) is 1.70. The molecule has 2 aromatic heterocycles. The molecule has 0 fully saturated rings. The van der Waals surface area contributed by atoms with Crippen molar-refractivity contribution in [2.75, 3.05) is 0 Å². The van der Waals surface area contributed by atoms with E-state index in [0.29, 0.717) is 16.5 Å². The molecule has 0 aliphatic rings. The predicted molar refractivity (Wildman–Crippen MR) is 79.2 cm³/mol. The quantitative estimate of drug-likeness (QED) is 0.566. The van der Waals surface area contributed by atoms with Crippen molar-refractivity contribution < 1.29 is 14.6 Å². The molecule has 6 heteroatoms. The summed E-state index contributed by atoms with van der Waals surface area (Å²) in [6, 6.07) is 12.9. The molecule has 2 N–H and O–H groups in total. The van der Waals surface area contributed by atoms with Gasteiger partial charge in [0.05, 0.1) is 5.52 Å². The molecular weight excluding hydrogens is 285 g/mol. The Labute approximate surface area is 123 Å². The lowest BCUT2D eigenvalue weighted by atomic mass is 10.1. The molecule has 4 aromatic rings. The van der Waals surface area contributed by atoms with Crippen LogP contribution in [0.2, 0.25) is 0 Å². The summed E-state index contributed by atoms with van der Waals surface area (Å²) in [6.45, 7) is 0. The minimum absolute atomic E-state index is 0.182. The van der Waals surface area contributed by atoms with Gasteiger partial charge in [0.25, 0.3) is 0 Å². The van der Waals surface area contributed by atoms with E-state index in [-0.39, 0.29) is 23.0 Å². The first-order valence-electron chi connectivity index (χ1n) is 6.60. The van der Waals surface area contributed by atoms with Gasteiger partial charge in [0.15, 0.2) is 5.65 Å². The van der Waals surface area contributed by atoms with Gasteiger partial charge in [-0.3, -0.25) is 0 Å². The first-order valence-corrected chi connectivity index (χ1v) is 6.60. The third-order valence-electron chi connectivity index (χ3n) is 3.53. The molecule has 0 aliphatic carbocycles. The van der Waals surface area contributed by atoms with E-state index < -0.39 is 5.82 Å². The van der Waals surface area contributed by atoms with E-state index in [9.17, 15) is 14.6 Å². The Morgan fingerprint density at radius 3 is 2.55 bits per heavy atom. The lowest BCUT2D eigenvalue weighted by molar-refractivity contribution is 0.417. The van der Waals surface area contributed by atoms with Crippen molar-refractivity contribution in [3.05, 3.63) is 54.3 Å². The fraction of sp³-hybridized carbons (Fsp3) is 0. The second kappa shape index (κ2) is 4.42. The Morgan fingerprint density at radius 1 is 1.00 bits per heavy atom. The molecular formula is C16H10FN3O2. The standard InChI is InChI=1S/C16H10FN3O2/c17-10-6-7-12-11(8-10)14-18-15(21)13(16(22)20(14)19-12)9-4-2-1-3-5-9/h1-8,22H,(H,18,21). The summed E-state index contributed by atoms with van der Waals surface area (Å²) in [6.07, 6.45) is 0. The highest BCUT2D eigenvalue weighted by Crippen LogP contribution is 2.37. The number of fused-ring (bicyclic) bond motifs is 3. The summed E-state index contributed by atoms with van der Waals surface area (Å²) >= 11 is 0. The van der Waals surface area contributed by atoms with Crippen LogP contribution in [0.1, 0.15) is 0 Å². The summed E-state index contributed by atoms with van der Waals surface area (Å²) in [4.78, 5) is 4.07. The molecule has 0 atom stereocenters. The minimum Gasteiger partial charge on any atom is -0.493 e. The van der Waals surface area contributed by atoms with Crippen LogP contribution in [-0.4, -0.2) is 24.8 Å². The fourth-order valence-corrected chi connectivity index (χ4v) is 2.52. The summed E-state index contributed by atoms with van der Waals surface area (Å²) in [5, 5.41) is 25.3. The molecule has 0 saturated carbocycles. The maximum Gasteiger partial charge on any atom is 0.227 e. The number of hydrogen-bond donors (Lipinski definition) is 2. The molecule has 2 aromatic carbocycles. The average Bonchev–Trinajstić information content (AvgIpc) is 2.87. The molecule has 0 spiro atoms. The zero-order chi connectivity index (χ0) is 15.3. The van der Waals surface area contributed by atoms with Gasteiger partial charge in [-0.25, -0.2) is 4.39 Å². The topological polar surface area (TPSA) is 70.7 Å². The first kappa shape index (κ1) is 12.6. The molecule has 4 rings (SSSR count). The van der Waals surface area contributed by atoms with E-state index in [1.54, 1.807) is 24.3 Å².